The van der Waals surface area contributed by atoms with Gasteiger partial charge in [-0.25, -0.2) is 0 Å². The van der Waals surface area contributed by atoms with Crippen LogP contribution in [0.4, 0.5) is 0 Å². The summed E-state index contributed by atoms with van der Waals surface area (Å²) in [5.74, 6) is 0.840. The van der Waals surface area contributed by atoms with E-state index in [1.165, 1.54) is 16.7 Å². The number of hydrogen-bond acceptors (Lipinski definition) is 2. The van der Waals surface area contributed by atoms with Gasteiger partial charge in [-0.1, -0.05) is 61.5 Å². The summed E-state index contributed by atoms with van der Waals surface area (Å²) >= 11 is 0. The lowest BCUT2D eigenvalue weighted by Crippen LogP contribution is -2.37. The van der Waals surface area contributed by atoms with Crippen LogP contribution in [0, 0.1) is 0 Å². The monoisotopic (exact) mass is 466 g/mol. The zero-order valence-corrected chi connectivity index (χ0v) is 18.4. The molecule has 2 aromatic carbocycles. The van der Waals surface area contributed by atoms with Gasteiger partial charge in [-0.15, -0.1) is 24.0 Å². The Morgan fingerprint density at radius 3 is 2.35 bits per heavy atom. The topological polar surface area (TPSA) is 39.7 Å². The van der Waals surface area contributed by atoms with E-state index in [-0.39, 0.29) is 24.0 Å². The average molecular weight is 466 g/mol. The van der Waals surface area contributed by atoms with Gasteiger partial charge < -0.3 is 15.5 Å². The number of nitrogens with zero attached hydrogens (tertiary/aromatic N) is 2. The highest BCUT2D eigenvalue weighted by Crippen LogP contribution is 2.07. The molecule has 0 spiro atoms. The Labute approximate surface area is 175 Å². The van der Waals surface area contributed by atoms with Crippen molar-refractivity contribution in [2.45, 2.75) is 26.4 Å². The molecule has 26 heavy (non-hydrogen) atoms. The van der Waals surface area contributed by atoms with Crippen molar-refractivity contribution in [3.8, 4) is 0 Å². The summed E-state index contributed by atoms with van der Waals surface area (Å²) in [6.07, 6.45) is 0.986. The normalized spacial score (nSPS) is 11.2. The molecule has 0 heterocycles. The van der Waals surface area contributed by atoms with Crippen LogP contribution < -0.4 is 10.6 Å². The van der Waals surface area contributed by atoms with E-state index >= 15 is 0 Å². The molecule has 0 fully saturated rings. The smallest absolute Gasteiger partial charge is 0.191 e. The number of benzene rings is 2. The van der Waals surface area contributed by atoms with Crippen LogP contribution in [0.15, 0.2) is 59.6 Å². The van der Waals surface area contributed by atoms with Crippen LogP contribution in [0.5, 0.6) is 0 Å². The van der Waals surface area contributed by atoms with Crippen LogP contribution in [0.1, 0.15) is 23.6 Å². The van der Waals surface area contributed by atoms with E-state index in [9.17, 15) is 0 Å². The highest BCUT2D eigenvalue weighted by atomic mass is 127. The number of nitrogens with one attached hydrogen (secondary N) is 2. The van der Waals surface area contributed by atoms with Crippen molar-refractivity contribution >= 4 is 29.9 Å². The number of rotatable bonds is 8. The van der Waals surface area contributed by atoms with Gasteiger partial charge in [0.2, 0.25) is 0 Å². The maximum absolute atomic E-state index is 4.30. The van der Waals surface area contributed by atoms with Crippen LogP contribution in [0.25, 0.3) is 0 Å². The van der Waals surface area contributed by atoms with Crippen molar-refractivity contribution in [1.29, 1.82) is 0 Å². The van der Waals surface area contributed by atoms with Crippen LogP contribution in [-0.4, -0.2) is 38.0 Å². The van der Waals surface area contributed by atoms with Crippen LogP contribution in [0.2, 0.25) is 0 Å². The molecular formula is C21H31IN4. The van der Waals surface area contributed by atoms with Crippen molar-refractivity contribution in [2.24, 2.45) is 4.99 Å². The molecule has 0 saturated carbocycles. The minimum absolute atomic E-state index is 0. The number of aliphatic imine (C=N–C) groups is 1. The zero-order chi connectivity index (χ0) is 17.9. The fraction of sp³-hybridized carbons (Fsp3) is 0.381. The minimum atomic E-state index is 0. The standard InChI is InChI=1S/C21H30N4.HI/c1-4-25(3)17-20-12-8-11-19(15-20)16-24-21(22-2)23-14-13-18-9-6-5-7-10-18;/h5-12,15H,4,13-14,16-17H2,1-3H3,(H2,22,23,24);1H. The van der Waals surface area contributed by atoms with Gasteiger partial charge in [-0.05, 0) is 36.7 Å². The summed E-state index contributed by atoms with van der Waals surface area (Å²) in [6, 6.07) is 19.2. The van der Waals surface area contributed by atoms with E-state index in [4.69, 9.17) is 0 Å². The predicted octanol–water partition coefficient (Wildman–Crippen LogP) is 3.66. The maximum Gasteiger partial charge on any atom is 0.191 e. The molecule has 0 amide bonds. The van der Waals surface area contributed by atoms with Crippen molar-refractivity contribution in [1.82, 2.24) is 15.5 Å². The molecule has 142 valence electrons. The van der Waals surface area contributed by atoms with Crippen LogP contribution >= 0.6 is 24.0 Å². The summed E-state index contributed by atoms with van der Waals surface area (Å²) in [6.45, 7) is 5.85. The molecule has 2 aromatic rings. The first-order chi connectivity index (χ1) is 12.2. The SMILES string of the molecule is CCN(C)Cc1cccc(CNC(=NC)NCCc2ccccc2)c1.I. The molecule has 0 unspecified atom stereocenters. The second-order valence-corrected chi connectivity index (χ2v) is 6.24. The molecule has 0 atom stereocenters. The van der Waals surface area contributed by atoms with E-state index in [0.29, 0.717) is 0 Å². The summed E-state index contributed by atoms with van der Waals surface area (Å²) in [5.41, 5.74) is 3.95. The molecule has 0 aromatic heterocycles. The minimum Gasteiger partial charge on any atom is -0.356 e. The van der Waals surface area contributed by atoms with E-state index in [0.717, 1.165) is 38.6 Å². The molecule has 2 rings (SSSR count). The molecule has 4 nitrogen and oxygen atoms in total. The van der Waals surface area contributed by atoms with Crippen molar-refractivity contribution in [3.63, 3.8) is 0 Å². The Bertz CT molecular complexity index is 658. The van der Waals surface area contributed by atoms with Gasteiger partial charge in [0.1, 0.15) is 0 Å². The first-order valence-electron chi connectivity index (χ1n) is 8.96. The Hall–Kier alpha value is -1.60. The Morgan fingerprint density at radius 2 is 1.65 bits per heavy atom. The predicted molar refractivity (Wildman–Crippen MR) is 122 cm³/mol. The molecular weight excluding hydrogens is 435 g/mol. The molecule has 2 N–H and O–H groups in total. The van der Waals surface area contributed by atoms with Gasteiger partial charge in [0.25, 0.3) is 0 Å². The quantitative estimate of drug-likeness (QED) is 0.355. The fourth-order valence-electron chi connectivity index (χ4n) is 2.64. The molecule has 0 aliphatic rings. The van der Waals surface area contributed by atoms with E-state index in [1.54, 1.807) is 0 Å². The second-order valence-electron chi connectivity index (χ2n) is 6.24. The summed E-state index contributed by atoms with van der Waals surface area (Å²) in [5, 5.41) is 6.77. The summed E-state index contributed by atoms with van der Waals surface area (Å²) in [4.78, 5) is 6.61. The van der Waals surface area contributed by atoms with Gasteiger partial charge in [0.15, 0.2) is 5.96 Å². The average Bonchev–Trinajstić information content (AvgIpc) is 2.65. The molecule has 0 bridgehead atoms. The zero-order valence-electron chi connectivity index (χ0n) is 16.0. The third-order valence-electron chi connectivity index (χ3n) is 4.22. The molecule has 0 aliphatic carbocycles. The lowest BCUT2D eigenvalue weighted by Gasteiger charge is -2.15. The fourth-order valence-corrected chi connectivity index (χ4v) is 2.64. The highest BCUT2D eigenvalue weighted by molar-refractivity contribution is 14.0. The molecule has 5 heteroatoms. The molecule has 0 radical (unpaired) electrons. The molecule has 0 saturated heterocycles. The van der Waals surface area contributed by atoms with E-state index in [2.05, 4.69) is 83.0 Å². The van der Waals surface area contributed by atoms with E-state index in [1.807, 2.05) is 13.1 Å². The van der Waals surface area contributed by atoms with Crippen molar-refractivity contribution < 1.29 is 0 Å². The van der Waals surface area contributed by atoms with Gasteiger partial charge in [0.05, 0.1) is 0 Å². The third kappa shape index (κ3) is 8.19. The van der Waals surface area contributed by atoms with Crippen molar-refractivity contribution in [3.05, 3.63) is 71.3 Å². The molecule has 0 aliphatic heterocycles. The lowest BCUT2D eigenvalue weighted by atomic mass is 10.1. The first kappa shape index (κ1) is 22.4. The Balaban J connectivity index is 0.00000338. The Kier molecular flexibility index (Phi) is 11.0. The largest absolute Gasteiger partial charge is 0.356 e. The van der Waals surface area contributed by atoms with Crippen molar-refractivity contribution in [2.75, 3.05) is 27.2 Å². The van der Waals surface area contributed by atoms with Gasteiger partial charge >= 0.3 is 0 Å². The highest BCUT2D eigenvalue weighted by Gasteiger charge is 2.02. The number of guanidine groups is 1. The van der Waals surface area contributed by atoms with Crippen LogP contribution in [0.3, 0.4) is 0 Å². The van der Waals surface area contributed by atoms with E-state index < -0.39 is 0 Å². The summed E-state index contributed by atoms with van der Waals surface area (Å²) < 4.78 is 0. The lowest BCUT2D eigenvalue weighted by molar-refractivity contribution is 0.345. The second kappa shape index (κ2) is 12.7. The maximum atomic E-state index is 4.30. The first-order valence-corrected chi connectivity index (χ1v) is 8.96. The Morgan fingerprint density at radius 1 is 0.962 bits per heavy atom. The summed E-state index contributed by atoms with van der Waals surface area (Å²) in [7, 11) is 3.95. The van der Waals surface area contributed by atoms with Gasteiger partial charge in [0, 0.05) is 26.7 Å². The third-order valence-corrected chi connectivity index (χ3v) is 4.22. The number of halogens is 1. The number of hydrogen-bond donors (Lipinski definition) is 2. The van der Waals surface area contributed by atoms with Gasteiger partial charge in [-0.3, -0.25) is 4.99 Å². The van der Waals surface area contributed by atoms with Gasteiger partial charge in [-0.2, -0.15) is 0 Å². The van der Waals surface area contributed by atoms with Crippen LogP contribution in [-0.2, 0) is 19.5 Å².